The van der Waals surface area contributed by atoms with E-state index < -0.39 is 0 Å². The Kier molecular flexibility index (Phi) is 4.87. The van der Waals surface area contributed by atoms with E-state index in [9.17, 15) is 0 Å². The van der Waals surface area contributed by atoms with E-state index in [2.05, 4.69) is 0 Å². The third kappa shape index (κ3) is 3.90. The van der Waals surface area contributed by atoms with Crippen molar-refractivity contribution < 1.29 is 20.4 Å². The van der Waals surface area contributed by atoms with E-state index in [-0.39, 0.29) is 23.0 Å². The van der Waals surface area contributed by atoms with Gasteiger partial charge < -0.3 is 20.4 Å². The van der Waals surface area contributed by atoms with Crippen LogP contribution in [-0.4, -0.2) is 20.4 Å². The molecule has 2 aromatic rings. The van der Waals surface area contributed by atoms with Crippen LogP contribution in [0, 0.1) is 0 Å². The van der Waals surface area contributed by atoms with Crippen LogP contribution in [-0.2, 0) is 6.42 Å². The SMILES string of the molecule is CCc1ccc(O)c(O)c1.Oc1ccccc1O. The van der Waals surface area contributed by atoms with Crippen LogP contribution in [0.25, 0.3) is 0 Å². The summed E-state index contributed by atoms with van der Waals surface area (Å²) in [5, 5.41) is 35.2. The molecule has 0 unspecified atom stereocenters. The van der Waals surface area contributed by atoms with Crippen molar-refractivity contribution in [3.8, 4) is 23.0 Å². The van der Waals surface area contributed by atoms with E-state index in [4.69, 9.17) is 20.4 Å². The lowest BCUT2D eigenvalue weighted by molar-refractivity contribution is 0.403. The van der Waals surface area contributed by atoms with Gasteiger partial charge in [-0.2, -0.15) is 0 Å². The van der Waals surface area contributed by atoms with E-state index in [1.807, 2.05) is 6.92 Å². The van der Waals surface area contributed by atoms with Gasteiger partial charge in [-0.25, -0.2) is 0 Å². The maximum atomic E-state index is 8.98. The number of rotatable bonds is 1. The quantitative estimate of drug-likeness (QED) is 0.585. The highest BCUT2D eigenvalue weighted by molar-refractivity contribution is 5.40. The number of hydrogen-bond acceptors (Lipinski definition) is 4. The molecular formula is C14H16O4. The highest BCUT2D eigenvalue weighted by Crippen LogP contribution is 2.24. The predicted molar refractivity (Wildman–Crippen MR) is 68.9 cm³/mol. The molecule has 0 radical (unpaired) electrons. The largest absolute Gasteiger partial charge is 0.504 e. The van der Waals surface area contributed by atoms with Crippen molar-refractivity contribution in [2.45, 2.75) is 13.3 Å². The van der Waals surface area contributed by atoms with Crippen LogP contribution in [0.15, 0.2) is 42.5 Å². The Morgan fingerprint density at radius 1 is 0.722 bits per heavy atom. The van der Waals surface area contributed by atoms with Gasteiger partial charge in [0.1, 0.15) is 0 Å². The van der Waals surface area contributed by atoms with Crippen molar-refractivity contribution in [1.82, 2.24) is 0 Å². The zero-order valence-electron chi connectivity index (χ0n) is 10.0. The molecule has 0 bridgehead atoms. The first-order valence-electron chi connectivity index (χ1n) is 5.52. The van der Waals surface area contributed by atoms with Gasteiger partial charge in [-0.05, 0) is 36.2 Å². The lowest BCUT2D eigenvalue weighted by atomic mass is 10.1. The molecule has 0 heterocycles. The first-order valence-corrected chi connectivity index (χ1v) is 5.52. The highest BCUT2D eigenvalue weighted by atomic mass is 16.3. The summed E-state index contributed by atoms with van der Waals surface area (Å²) in [5.41, 5.74) is 1.02. The average molecular weight is 248 g/mol. The smallest absolute Gasteiger partial charge is 0.157 e. The van der Waals surface area contributed by atoms with Crippen LogP contribution in [0.2, 0.25) is 0 Å². The number of phenolic OH excluding ortho intramolecular Hbond substituents is 4. The topological polar surface area (TPSA) is 80.9 Å². The van der Waals surface area contributed by atoms with E-state index in [1.165, 1.54) is 18.2 Å². The molecule has 96 valence electrons. The Labute approximate surface area is 105 Å². The molecule has 0 spiro atoms. The molecule has 0 aliphatic carbocycles. The van der Waals surface area contributed by atoms with Gasteiger partial charge in [-0.3, -0.25) is 0 Å². The van der Waals surface area contributed by atoms with Crippen molar-refractivity contribution in [3.05, 3.63) is 48.0 Å². The summed E-state index contributed by atoms with van der Waals surface area (Å²) in [5.74, 6) is -0.253. The number of phenols is 4. The summed E-state index contributed by atoms with van der Waals surface area (Å²) in [6, 6.07) is 11.0. The van der Waals surface area contributed by atoms with Crippen molar-refractivity contribution in [2.24, 2.45) is 0 Å². The Hall–Kier alpha value is -2.36. The van der Waals surface area contributed by atoms with E-state index >= 15 is 0 Å². The van der Waals surface area contributed by atoms with Gasteiger partial charge in [-0.15, -0.1) is 0 Å². The van der Waals surface area contributed by atoms with Crippen molar-refractivity contribution >= 4 is 0 Å². The van der Waals surface area contributed by atoms with E-state index in [1.54, 1.807) is 24.3 Å². The van der Waals surface area contributed by atoms with E-state index in [0.717, 1.165) is 12.0 Å². The Balaban J connectivity index is 0.000000184. The van der Waals surface area contributed by atoms with Gasteiger partial charge in [0.2, 0.25) is 0 Å². The standard InChI is InChI=1S/C8H10O2.C6H6O2/c1-2-6-3-4-7(9)8(10)5-6;7-5-3-1-2-4-6(5)8/h3-5,9-10H,2H2,1H3;1-4,7-8H. The molecular weight excluding hydrogens is 232 g/mol. The zero-order valence-corrected chi connectivity index (χ0v) is 10.0. The molecule has 0 aromatic heterocycles. The number of aryl methyl sites for hydroxylation is 1. The Bertz CT molecular complexity index is 488. The monoisotopic (exact) mass is 248 g/mol. The van der Waals surface area contributed by atoms with Crippen LogP contribution in [0.4, 0.5) is 0 Å². The fourth-order valence-corrected chi connectivity index (χ4v) is 1.25. The maximum Gasteiger partial charge on any atom is 0.157 e. The van der Waals surface area contributed by atoms with Gasteiger partial charge in [0.05, 0.1) is 0 Å². The summed E-state index contributed by atoms with van der Waals surface area (Å²) in [6.45, 7) is 1.99. The molecule has 0 aliphatic heterocycles. The molecule has 0 atom stereocenters. The van der Waals surface area contributed by atoms with Crippen molar-refractivity contribution in [2.75, 3.05) is 0 Å². The molecule has 0 fully saturated rings. The fourth-order valence-electron chi connectivity index (χ4n) is 1.25. The van der Waals surface area contributed by atoms with Crippen LogP contribution < -0.4 is 0 Å². The molecule has 0 amide bonds. The molecule has 4 heteroatoms. The molecule has 0 saturated heterocycles. The number of benzene rings is 2. The summed E-state index contributed by atoms with van der Waals surface area (Å²) >= 11 is 0. The van der Waals surface area contributed by atoms with Crippen molar-refractivity contribution in [1.29, 1.82) is 0 Å². The predicted octanol–water partition coefficient (Wildman–Crippen LogP) is 2.76. The average Bonchev–Trinajstić information content (AvgIpc) is 2.37. The minimum absolute atomic E-state index is 0.0423. The lowest BCUT2D eigenvalue weighted by Crippen LogP contribution is -1.77. The zero-order chi connectivity index (χ0) is 13.5. The summed E-state index contributed by atoms with van der Waals surface area (Å²) in [7, 11) is 0. The normalized spacial score (nSPS) is 9.39. The molecule has 2 aromatic carbocycles. The number of para-hydroxylation sites is 2. The molecule has 4 nitrogen and oxygen atoms in total. The summed E-state index contributed by atoms with van der Waals surface area (Å²) in [4.78, 5) is 0. The molecule has 2 rings (SSSR count). The van der Waals surface area contributed by atoms with E-state index in [0.29, 0.717) is 0 Å². The third-order valence-electron chi connectivity index (χ3n) is 2.33. The first-order chi connectivity index (χ1) is 8.54. The number of aromatic hydroxyl groups is 4. The van der Waals surface area contributed by atoms with Crippen LogP contribution in [0.3, 0.4) is 0 Å². The van der Waals surface area contributed by atoms with Gasteiger partial charge in [0.25, 0.3) is 0 Å². The second-order valence-electron chi connectivity index (χ2n) is 3.67. The fraction of sp³-hybridized carbons (Fsp3) is 0.143. The van der Waals surface area contributed by atoms with Gasteiger partial charge >= 0.3 is 0 Å². The first kappa shape index (κ1) is 13.7. The summed E-state index contributed by atoms with van der Waals surface area (Å²) < 4.78 is 0. The molecule has 18 heavy (non-hydrogen) atoms. The highest BCUT2D eigenvalue weighted by Gasteiger charge is 1.97. The van der Waals surface area contributed by atoms with Crippen molar-refractivity contribution in [3.63, 3.8) is 0 Å². The minimum atomic E-state index is -0.0764. The molecule has 0 aliphatic rings. The lowest BCUT2D eigenvalue weighted by Gasteiger charge is -1.98. The molecule has 4 N–H and O–H groups in total. The van der Waals surface area contributed by atoms with Gasteiger partial charge in [-0.1, -0.05) is 25.1 Å². The van der Waals surface area contributed by atoms with Gasteiger partial charge in [0, 0.05) is 0 Å². The maximum absolute atomic E-state index is 8.98. The number of hydrogen-bond donors (Lipinski definition) is 4. The van der Waals surface area contributed by atoms with Crippen LogP contribution in [0.5, 0.6) is 23.0 Å². The summed E-state index contributed by atoms with van der Waals surface area (Å²) in [6.07, 6.45) is 0.869. The van der Waals surface area contributed by atoms with Gasteiger partial charge in [0.15, 0.2) is 23.0 Å². The third-order valence-corrected chi connectivity index (χ3v) is 2.33. The second-order valence-corrected chi connectivity index (χ2v) is 3.67. The van der Waals surface area contributed by atoms with Crippen LogP contribution in [0.1, 0.15) is 12.5 Å². The van der Waals surface area contributed by atoms with Crippen LogP contribution >= 0.6 is 0 Å². The minimum Gasteiger partial charge on any atom is -0.504 e. The molecule has 0 saturated carbocycles. The second kappa shape index (κ2) is 6.39. The Morgan fingerprint density at radius 3 is 1.61 bits per heavy atom. The Morgan fingerprint density at radius 2 is 1.22 bits per heavy atom.